The number of rotatable bonds is 8. The second-order valence-electron chi connectivity index (χ2n) is 3.41. The van der Waals surface area contributed by atoms with Crippen molar-refractivity contribution in [1.29, 1.82) is 0 Å². The van der Waals surface area contributed by atoms with E-state index in [4.69, 9.17) is 11.5 Å². The maximum atomic E-state index is 9.98. The smallest absolute Gasteiger partial charge is 0.147 e. The Balaban J connectivity index is -0.000000116. The number of carbonyl (C=O) groups is 2. The number of hydrogen-bond donors (Lipinski definition) is 2. The van der Waals surface area contributed by atoms with Crippen molar-refractivity contribution in [2.24, 2.45) is 11.5 Å². The predicted molar refractivity (Wildman–Crippen MR) is 75.3 cm³/mol. The number of carbonyl (C=O) groups excluding carboxylic acids is 2. The number of carboxylic acid groups (broad SMARTS) is 2. The number of carboxylic acids is 2. The first-order valence-electron chi connectivity index (χ1n) is 5.27. The molecule has 0 aliphatic heterocycles. The van der Waals surface area contributed by atoms with Gasteiger partial charge in [0.2, 0.25) is 0 Å². The molecular weight excluding hydrogens is 471 g/mol. The summed E-state index contributed by atoms with van der Waals surface area (Å²) in [4.78, 5) is 20.0. The summed E-state index contributed by atoms with van der Waals surface area (Å²) in [6.45, 7) is 0. The molecule has 0 saturated carbocycles. The summed E-state index contributed by atoms with van der Waals surface area (Å²) in [6, 6.07) is -1.52. The van der Waals surface area contributed by atoms with Gasteiger partial charge in [-0.2, -0.15) is 0 Å². The molecule has 20 heavy (non-hydrogen) atoms. The topological polar surface area (TPSA) is 132 Å². The largest absolute Gasteiger partial charge is 2.00 e. The molecule has 0 aliphatic rings. The van der Waals surface area contributed by atoms with Crippen LogP contribution >= 0.6 is 12.4 Å². The van der Waals surface area contributed by atoms with Crippen molar-refractivity contribution in [3.63, 3.8) is 0 Å². The molecule has 0 spiro atoms. The number of halogens is 1. The van der Waals surface area contributed by atoms with Gasteiger partial charge in [0.15, 0.2) is 0 Å². The van der Waals surface area contributed by atoms with E-state index in [9.17, 15) is 19.8 Å². The van der Waals surface area contributed by atoms with Crippen LogP contribution in [-0.2, 0) is 29.1 Å². The Morgan fingerprint density at radius 3 is 1.35 bits per heavy atom. The van der Waals surface area contributed by atoms with Crippen LogP contribution in [0.2, 0.25) is 22.3 Å². The van der Waals surface area contributed by atoms with Gasteiger partial charge in [-0.3, -0.25) is 0 Å². The number of hydrogen-bond acceptors (Lipinski definition) is 6. The summed E-state index contributed by atoms with van der Waals surface area (Å²) >= 11 is 1.04. The zero-order valence-electron chi connectivity index (χ0n) is 11.7. The first-order valence-corrected chi connectivity index (χ1v) is 11.1. The van der Waals surface area contributed by atoms with Crippen LogP contribution in [0.25, 0.3) is 0 Å². The normalized spacial score (nSPS) is 11.8. The molecule has 0 aliphatic carbocycles. The predicted octanol–water partition coefficient (Wildman–Crippen LogP) is -2.33. The Bertz CT molecular complexity index is 229. The van der Waals surface area contributed by atoms with E-state index in [0.29, 0.717) is 42.8 Å². The molecule has 0 fully saturated rings. The summed E-state index contributed by atoms with van der Waals surface area (Å²) in [5.74, 6) is 1.82. The molecule has 2 atom stereocenters. The summed E-state index contributed by atoms with van der Waals surface area (Å²) in [6.07, 6.45) is 1.11. The van der Waals surface area contributed by atoms with Crippen molar-refractivity contribution < 1.29 is 39.3 Å². The molecule has 0 radical (unpaired) electrons. The van der Waals surface area contributed by atoms with Crippen LogP contribution in [0, 0.1) is 0 Å². The van der Waals surface area contributed by atoms with Crippen molar-refractivity contribution in [2.45, 2.75) is 47.2 Å². The second-order valence-corrected chi connectivity index (χ2v) is 7.55. The fourth-order valence-corrected chi connectivity index (χ4v) is 2.78. The van der Waals surface area contributed by atoms with E-state index in [2.05, 4.69) is 11.6 Å². The van der Waals surface area contributed by atoms with Gasteiger partial charge in [0.1, 0.15) is 0 Å². The van der Waals surface area contributed by atoms with Crippen molar-refractivity contribution in [1.82, 2.24) is 0 Å². The van der Waals surface area contributed by atoms with Gasteiger partial charge in [0.05, 0.1) is 0 Å². The first-order chi connectivity index (χ1) is 8.36. The molecule has 0 aromatic heterocycles. The molecular formula is C10H21ClN2O4Se2Zn. The van der Waals surface area contributed by atoms with E-state index in [1.165, 1.54) is 0 Å². The molecule has 0 saturated heterocycles. The minimum absolute atomic E-state index is 0. The van der Waals surface area contributed by atoms with E-state index in [1.807, 2.05) is 0 Å². The van der Waals surface area contributed by atoms with Gasteiger partial charge in [-0.05, 0) is 0 Å². The maximum Gasteiger partial charge on any atom is 2.00 e. The fraction of sp³-hybridized carbons (Fsp3) is 0.800. The van der Waals surface area contributed by atoms with Crippen LogP contribution in [0.15, 0.2) is 0 Å². The van der Waals surface area contributed by atoms with Crippen molar-refractivity contribution in [3.8, 4) is 0 Å². The number of nitrogens with two attached hydrogens (primary N) is 2. The third-order valence-corrected chi connectivity index (χ3v) is 4.57. The number of aliphatic carboxylic acids is 2. The van der Waals surface area contributed by atoms with Crippen LogP contribution in [-0.4, -0.2) is 53.9 Å². The Morgan fingerprint density at radius 1 is 0.950 bits per heavy atom. The van der Waals surface area contributed by atoms with Gasteiger partial charge in [-0.25, -0.2) is 0 Å². The minimum Gasteiger partial charge on any atom is -0.147 e. The third-order valence-electron chi connectivity index (χ3n) is 1.87. The van der Waals surface area contributed by atoms with Crippen LogP contribution in [0.5, 0.6) is 0 Å². The van der Waals surface area contributed by atoms with Crippen molar-refractivity contribution in [2.75, 3.05) is 0 Å². The molecule has 0 bridgehead atoms. The van der Waals surface area contributed by atoms with E-state index >= 15 is 0 Å². The molecule has 0 amide bonds. The van der Waals surface area contributed by atoms with E-state index < -0.39 is 24.0 Å². The maximum absolute atomic E-state index is 9.98. The minimum atomic E-state index is -1.14. The summed E-state index contributed by atoms with van der Waals surface area (Å²) in [5.41, 5.74) is 10.3. The van der Waals surface area contributed by atoms with Crippen LogP contribution in [0.3, 0.4) is 0 Å². The van der Waals surface area contributed by atoms with Crippen molar-refractivity contribution >= 4 is 54.3 Å². The fourth-order valence-electron chi connectivity index (χ4n) is 0.725. The Morgan fingerprint density at radius 2 is 1.20 bits per heavy atom. The molecule has 0 unspecified atom stereocenters. The SMILES string of the molecule is C[Se]CC[C@H](N)C(=O)[O-].C[Se]CC[C@H](N)C(=O)[O-].Cl.[Zn+2]. The molecule has 0 heterocycles. The van der Waals surface area contributed by atoms with Crippen molar-refractivity contribution in [3.05, 3.63) is 0 Å². The Labute approximate surface area is 151 Å². The van der Waals surface area contributed by atoms with E-state index in [1.54, 1.807) is 0 Å². The van der Waals surface area contributed by atoms with Crippen LogP contribution in [0.4, 0.5) is 0 Å². The third kappa shape index (κ3) is 21.1. The van der Waals surface area contributed by atoms with Crippen LogP contribution in [0.1, 0.15) is 12.8 Å². The second kappa shape index (κ2) is 19.8. The first kappa shape index (κ1) is 28.9. The summed E-state index contributed by atoms with van der Waals surface area (Å²) in [7, 11) is 0. The zero-order valence-corrected chi connectivity index (χ0v) is 18.9. The molecule has 6 nitrogen and oxygen atoms in total. The average molecular weight is 492 g/mol. The Hall–Kier alpha value is 0.812. The molecule has 4 N–H and O–H groups in total. The van der Waals surface area contributed by atoms with Gasteiger partial charge < -0.3 is 0 Å². The van der Waals surface area contributed by atoms with E-state index in [-0.39, 0.29) is 31.9 Å². The zero-order chi connectivity index (χ0) is 14.6. The molecule has 116 valence electrons. The standard InChI is InChI=1S/2C5H11NO2Se.ClH.Zn/c2*1-9-3-2-4(6)5(7)8;;/h2*4H,2-3,6H2,1H3,(H,7,8);1H;/q;;;+2/p-2/t2*4-;;/m00../s1. The van der Waals surface area contributed by atoms with Gasteiger partial charge in [-0.1, -0.05) is 0 Å². The summed E-state index contributed by atoms with van der Waals surface area (Å²) in [5, 5.41) is 21.8. The molecule has 10 heteroatoms. The quantitative estimate of drug-likeness (QED) is 0.366. The van der Waals surface area contributed by atoms with Gasteiger partial charge >= 0.3 is 140 Å². The van der Waals surface area contributed by atoms with E-state index in [0.717, 1.165) is 10.6 Å². The molecule has 0 aromatic rings. The monoisotopic (exact) mass is 492 g/mol. The Kier molecular flexibility index (Phi) is 28.6. The van der Waals surface area contributed by atoms with Gasteiger partial charge in [0, 0.05) is 0 Å². The van der Waals surface area contributed by atoms with Crippen LogP contribution < -0.4 is 21.7 Å². The van der Waals surface area contributed by atoms with Gasteiger partial charge in [-0.15, -0.1) is 12.4 Å². The molecule has 0 aromatic carbocycles. The summed E-state index contributed by atoms with van der Waals surface area (Å²) < 4.78 is 0. The average Bonchev–Trinajstić information content (AvgIpc) is 2.33. The molecule has 0 rings (SSSR count). The van der Waals surface area contributed by atoms with Gasteiger partial charge in [0.25, 0.3) is 0 Å².